The molecule has 3 atom stereocenters. The summed E-state index contributed by atoms with van der Waals surface area (Å²) in [6, 6.07) is 7.25. The summed E-state index contributed by atoms with van der Waals surface area (Å²) in [5, 5.41) is 25.4. The fourth-order valence-electron chi connectivity index (χ4n) is 4.63. The highest BCUT2D eigenvalue weighted by molar-refractivity contribution is 5.87. The highest BCUT2D eigenvalue weighted by atomic mass is 16.9. The summed E-state index contributed by atoms with van der Waals surface area (Å²) in [4.78, 5) is 52.7. The molecule has 2 fully saturated rings. The predicted octanol–water partition coefficient (Wildman–Crippen LogP) is 1.56. The molecular formula is C24H34N4O8. The summed E-state index contributed by atoms with van der Waals surface area (Å²) >= 11 is 0. The van der Waals surface area contributed by atoms with E-state index < -0.39 is 35.2 Å². The number of amides is 1. The second-order valence-corrected chi connectivity index (χ2v) is 9.00. The Labute approximate surface area is 209 Å². The second kappa shape index (κ2) is 13.7. The van der Waals surface area contributed by atoms with Gasteiger partial charge in [-0.05, 0) is 56.9 Å². The summed E-state index contributed by atoms with van der Waals surface area (Å²) in [5.41, 5.74) is 1.04. The van der Waals surface area contributed by atoms with Crippen molar-refractivity contribution in [2.75, 3.05) is 26.3 Å². The Bertz CT molecular complexity index is 899. The lowest BCUT2D eigenvalue weighted by Crippen LogP contribution is -2.61. The van der Waals surface area contributed by atoms with Crippen molar-refractivity contribution in [1.82, 2.24) is 15.3 Å². The second-order valence-electron chi connectivity index (χ2n) is 9.00. The van der Waals surface area contributed by atoms with Crippen LogP contribution in [-0.2, 0) is 30.4 Å². The van der Waals surface area contributed by atoms with Crippen molar-refractivity contribution in [3.63, 3.8) is 0 Å². The van der Waals surface area contributed by atoms with Gasteiger partial charge in [0, 0.05) is 13.1 Å². The first-order valence-electron chi connectivity index (χ1n) is 12.4. The van der Waals surface area contributed by atoms with Crippen LogP contribution in [0.5, 0.6) is 0 Å². The first-order valence-corrected chi connectivity index (χ1v) is 12.4. The van der Waals surface area contributed by atoms with E-state index in [1.54, 1.807) is 0 Å². The molecule has 1 amide bonds. The lowest BCUT2D eigenvalue weighted by atomic mass is 10.0. The number of carboxylic acids is 1. The van der Waals surface area contributed by atoms with E-state index in [2.05, 4.69) is 10.2 Å². The first kappa shape index (κ1) is 27.3. The van der Waals surface area contributed by atoms with Crippen molar-refractivity contribution >= 4 is 17.8 Å². The number of carbonyl (C=O) groups is 3. The van der Waals surface area contributed by atoms with Gasteiger partial charge in [0.05, 0.1) is 19.3 Å². The Morgan fingerprint density at radius 2 is 1.83 bits per heavy atom. The van der Waals surface area contributed by atoms with Crippen molar-refractivity contribution in [1.29, 1.82) is 0 Å². The zero-order valence-electron chi connectivity index (χ0n) is 20.3. The van der Waals surface area contributed by atoms with Crippen molar-refractivity contribution < 1.29 is 34.2 Å². The fraction of sp³-hybridized carbons (Fsp3) is 0.625. The minimum Gasteiger partial charge on any atom is -0.480 e. The monoisotopic (exact) mass is 506 g/mol. The lowest BCUT2D eigenvalue weighted by Gasteiger charge is -2.42. The molecule has 3 rings (SSSR count). The molecule has 1 aromatic carbocycles. The number of carboxylic acid groups (broad SMARTS) is 1. The van der Waals surface area contributed by atoms with Crippen LogP contribution in [-0.4, -0.2) is 82.5 Å². The molecule has 2 aliphatic heterocycles. The highest BCUT2D eigenvalue weighted by Crippen LogP contribution is 2.24. The number of rotatable bonds is 13. The fourth-order valence-corrected chi connectivity index (χ4v) is 4.63. The summed E-state index contributed by atoms with van der Waals surface area (Å²) in [6.07, 6.45) is 3.99. The van der Waals surface area contributed by atoms with Crippen molar-refractivity contribution in [3.8, 4) is 0 Å². The van der Waals surface area contributed by atoms with Crippen molar-refractivity contribution in [3.05, 3.63) is 46.0 Å². The molecule has 0 radical (unpaired) electrons. The van der Waals surface area contributed by atoms with Gasteiger partial charge in [0.2, 0.25) is 0 Å². The van der Waals surface area contributed by atoms with Crippen LogP contribution in [0.2, 0.25) is 0 Å². The Morgan fingerprint density at radius 1 is 1.14 bits per heavy atom. The topological polar surface area (TPSA) is 152 Å². The van der Waals surface area contributed by atoms with E-state index in [0.717, 1.165) is 5.56 Å². The maximum Gasteiger partial charge on any atom is 0.328 e. The van der Waals surface area contributed by atoms with Gasteiger partial charge in [0.1, 0.15) is 12.1 Å². The molecule has 3 unspecified atom stereocenters. The summed E-state index contributed by atoms with van der Waals surface area (Å²) in [5.74, 6) is -1.88. The number of carbonyl (C=O) groups excluding carboxylic acids is 2. The van der Waals surface area contributed by atoms with Crippen LogP contribution in [0.4, 0.5) is 0 Å². The van der Waals surface area contributed by atoms with Crippen LogP contribution in [0.15, 0.2) is 30.3 Å². The van der Waals surface area contributed by atoms with Gasteiger partial charge >= 0.3 is 11.9 Å². The Morgan fingerprint density at radius 3 is 2.53 bits per heavy atom. The molecule has 1 aromatic rings. The van der Waals surface area contributed by atoms with Gasteiger partial charge in [0.15, 0.2) is 0 Å². The summed E-state index contributed by atoms with van der Waals surface area (Å²) in [6.45, 7) is 1.21. The molecule has 0 aromatic heterocycles. The zero-order chi connectivity index (χ0) is 25.9. The third-order valence-corrected chi connectivity index (χ3v) is 6.44. The van der Waals surface area contributed by atoms with E-state index in [1.165, 1.54) is 5.01 Å². The average Bonchev–Trinajstić information content (AvgIpc) is 3.02. The predicted molar refractivity (Wildman–Crippen MR) is 127 cm³/mol. The maximum atomic E-state index is 13.5. The molecule has 12 heteroatoms. The normalized spacial score (nSPS) is 21.2. The Hall–Kier alpha value is -3.25. The number of aryl methyl sites for hydroxylation is 1. The smallest absolute Gasteiger partial charge is 0.328 e. The van der Waals surface area contributed by atoms with Gasteiger partial charge < -0.3 is 14.7 Å². The van der Waals surface area contributed by atoms with Crippen LogP contribution in [0.25, 0.3) is 0 Å². The molecule has 198 valence electrons. The Kier molecular flexibility index (Phi) is 10.4. The van der Waals surface area contributed by atoms with Crippen molar-refractivity contribution in [2.24, 2.45) is 0 Å². The SMILES string of the molecule is O=C(OCCCCO[N+](=O)[O-])C(CCc1ccccc1)NC1CCCN2CCCC(C(=O)O)N2C1=O. The number of unbranched alkanes of at least 4 members (excludes halogenated alkanes) is 1. The lowest BCUT2D eigenvalue weighted by molar-refractivity contribution is -0.757. The highest BCUT2D eigenvalue weighted by Gasteiger charge is 2.42. The molecule has 0 saturated carbocycles. The Balaban J connectivity index is 1.65. The van der Waals surface area contributed by atoms with Crippen LogP contribution in [0.1, 0.15) is 50.5 Å². The number of nitrogens with one attached hydrogen (secondary N) is 1. The molecule has 0 spiro atoms. The van der Waals surface area contributed by atoms with E-state index in [0.29, 0.717) is 64.5 Å². The number of ether oxygens (including phenoxy) is 1. The minimum atomic E-state index is -1.03. The van der Waals surface area contributed by atoms with Crippen molar-refractivity contribution in [2.45, 2.75) is 69.5 Å². The van der Waals surface area contributed by atoms with Crippen LogP contribution in [0.3, 0.4) is 0 Å². The number of nitrogens with zero attached hydrogens (tertiary/aromatic N) is 3. The van der Waals surface area contributed by atoms with E-state index >= 15 is 0 Å². The molecule has 2 heterocycles. The number of aliphatic carboxylic acids is 1. The average molecular weight is 507 g/mol. The third-order valence-electron chi connectivity index (χ3n) is 6.44. The summed E-state index contributed by atoms with van der Waals surface area (Å²) in [7, 11) is 0. The molecular weight excluding hydrogens is 472 g/mol. The number of fused-ring (bicyclic) bond motifs is 1. The van der Waals surface area contributed by atoms with E-state index in [1.807, 2.05) is 35.3 Å². The zero-order valence-corrected chi connectivity index (χ0v) is 20.3. The summed E-state index contributed by atoms with van der Waals surface area (Å²) < 4.78 is 5.42. The molecule has 12 nitrogen and oxygen atoms in total. The molecule has 2 N–H and O–H groups in total. The molecule has 2 aliphatic rings. The van der Waals surface area contributed by atoms with Gasteiger partial charge in [-0.2, -0.15) is 0 Å². The maximum absolute atomic E-state index is 13.5. The number of hydrogen-bond acceptors (Lipinski definition) is 9. The molecule has 0 aliphatic carbocycles. The van der Waals surface area contributed by atoms with Gasteiger partial charge in [0.25, 0.3) is 11.0 Å². The largest absolute Gasteiger partial charge is 0.480 e. The third kappa shape index (κ3) is 7.89. The van der Waals surface area contributed by atoms with E-state index in [-0.39, 0.29) is 19.1 Å². The van der Waals surface area contributed by atoms with Crippen LogP contribution >= 0.6 is 0 Å². The van der Waals surface area contributed by atoms with E-state index in [9.17, 15) is 29.6 Å². The number of hydrazine groups is 1. The van der Waals surface area contributed by atoms with Gasteiger partial charge in [-0.3, -0.25) is 19.9 Å². The van der Waals surface area contributed by atoms with Gasteiger partial charge in [-0.15, -0.1) is 10.1 Å². The number of benzene rings is 1. The van der Waals surface area contributed by atoms with Crippen LogP contribution < -0.4 is 5.32 Å². The number of esters is 1. The molecule has 2 saturated heterocycles. The first-order chi connectivity index (χ1) is 17.4. The van der Waals surface area contributed by atoms with Crippen LogP contribution in [0, 0.1) is 10.1 Å². The standard InChI is InChI=1S/C24H34N4O8/c29-22-19(10-6-14-26-15-7-11-21(23(30)31)27(22)26)25-20(13-12-18-8-2-1-3-9-18)24(32)35-16-4-5-17-36-28(33)34/h1-3,8-9,19-21,25H,4-7,10-17H2,(H,30,31). The van der Waals surface area contributed by atoms with E-state index in [4.69, 9.17) is 4.74 Å². The number of hydrogen-bond donors (Lipinski definition) is 2. The van der Waals surface area contributed by atoms with Gasteiger partial charge in [-0.25, -0.2) is 9.80 Å². The quantitative estimate of drug-likeness (QED) is 0.174. The molecule has 0 bridgehead atoms. The minimum absolute atomic E-state index is 0.0724. The molecule has 36 heavy (non-hydrogen) atoms. The van der Waals surface area contributed by atoms with Gasteiger partial charge in [-0.1, -0.05) is 30.3 Å².